The molecule has 0 aliphatic carbocycles. The zero-order valence-electron chi connectivity index (χ0n) is 9.78. The Labute approximate surface area is 95.9 Å². The van der Waals surface area contributed by atoms with E-state index >= 15 is 0 Å². The van der Waals surface area contributed by atoms with Crippen LogP contribution in [0.25, 0.3) is 0 Å². The Morgan fingerprint density at radius 2 is 2.00 bits per heavy atom. The molecule has 1 fully saturated rings. The molecule has 0 saturated carbocycles. The average Bonchev–Trinajstić information content (AvgIpc) is 2.67. The molecule has 1 aliphatic rings. The largest absolute Gasteiger partial charge is 0.328 e. The van der Waals surface area contributed by atoms with Crippen molar-refractivity contribution in [2.75, 3.05) is 31.1 Å². The first-order valence-corrected chi connectivity index (χ1v) is 7.50. The monoisotopic (exact) mass is 232 g/mol. The van der Waals surface area contributed by atoms with Crippen molar-refractivity contribution >= 4 is 10.8 Å². The molecular formula is C11H24N2OS. The highest BCUT2D eigenvalue weighted by atomic mass is 32.2. The Hall–Kier alpha value is 0.0700. The van der Waals surface area contributed by atoms with Crippen molar-refractivity contribution in [2.24, 2.45) is 5.73 Å². The summed E-state index contributed by atoms with van der Waals surface area (Å²) in [5, 5.41) is 0. The van der Waals surface area contributed by atoms with Gasteiger partial charge in [0.15, 0.2) is 0 Å². The van der Waals surface area contributed by atoms with E-state index in [9.17, 15) is 4.21 Å². The van der Waals surface area contributed by atoms with Crippen LogP contribution >= 0.6 is 0 Å². The minimum absolute atomic E-state index is 0.188. The van der Waals surface area contributed by atoms with Gasteiger partial charge in [0.2, 0.25) is 0 Å². The maximum atomic E-state index is 11.6. The van der Waals surface area contributed by atoms with Crippen molar-refractivity contribution in [1.29, 1.82) is 0 Å². The van der Waals surface area contributed by atoms with E-state index in [1.54, 1.807) is 0 Å². The maximum Gasteiger partial charge on any atom is 0.0249 e. The molecule has 0 amide bonds. The first-order valence-electron chi connectivity index (χ1n) is 6.01. The predicted molar refractivity (Wildman–Crippen MR) is 66.4 cm³/mol. The van der Waals surface area contributed by atoms with Crippen molar-refractivity contribution in [3.05, 3.63) is 0 Å². The van der Waals surface area contributed by atoms with Gasteiger partial charge >= 0.3 is 0 Å². The zero-order chi connectivity index (χ0) is 11.1. The minimum Gasteiger partial charge on any atom is -0.328 e. The average molecular weight is 232 g/mol. The molecule has 0 spiro atoms. The number of nitrogens with zero attached hydrogens (tertiary/aromatic N) is 1. The van der Waals surface area contributed by atoms with Crippen LogP contribution in [0.5, 0.6) is 0 Å². The van der Waals surface area contributed by atoms with Crippen LogP contribution in [0.4, 0.5) is 0 Å². The molecule has 1 rings (SSSR count). The summed E-state index contributed by atoms with van der Waals surface area (Å²) >= 11 is 0. The third kappa shape index (κ3) is 6.28. The molecule has 1 aliphatic heterocycles. The van der Waals surface area contributed by atoms with Gasteiger partial charge in [0.25, 0.3) is 0 Å². The summed E-state index contributed by atoms with van der Waals surface area (Å²) in [5.41, 5.74) is 5.63. The number of likely N-dealkylation sites (tertiary alicyclic amines) is 1. The van der Waals surface area contributed by atoms with Gasteiger partial charge in [0.1, 0.15) is 0 Å². The Kier molecular flexibility index (Phi) is 6.45. The van der Waals surface area contributed by atoms with Crippen LogP contribution in [0, 0.1) is 0 Å². The van der Waals surface area contributed by atoms with Gasteiger partial charge in [-0.3, -0.25) is 4.21 Å². The van der Waals surface area contributed by atoms with Crippen molar-refractivity contribution in [3.8, 4) is 0 Å². The topological polar surface area (TPSA) is 46.3 Å². The Bertz CT molecular complexity index is 191. The van der Waals surface area contributed by atoms with Crippen molar-refractivity contribution in [3.63, 3.8) is 0 Å². The third-order valence-electron chi connectivity index (χ3n) is 2.85. The Balaban J connectivity index is 1.96. The smallest absolute Gasteiger partial charge is 0.0249 e. The van der Waals surface area contributed by atoms with E-state index in [0.717, 1.165) is 30.9 Å². The summed E-state index contributed by atoms with van der Waals surface area (Å²) in [6.45, 7) is 5.59. The Morgan fingerprint density at radius 3 is 2.60 bits per heavy atom. The molecule has 90 valence electrons. The van der Waals surface area contributed by atoms with E-state index < -0.39 is 10.8 Å². The standard InChI is InChI=1S/C11H24N2OS/c1-11(12)5-10-15(14)9-4-8-13-6-2-3-7-13/h11H,2-10,12H2,1H3. The van der Waals surface area contributed by atoms with Crippen LogP contribution < -0.4 is 5.73 Å². The molecule has 0 radical (unpaired) electrons. The highest BCUT2D eigenvalue weighted by Crippen LogP contribution is 2.07. The van der Waals surface area contributed by atoms with Gasteiger partial charge in [0.05, 0.1) is 0 Å². The number of nitrogens with two attached hydrogens (primary N) is 1. The first kappa shape index (κ1) is 13.1. The van der Waals surface area contributed by atoms with Crippen molar-refractivity contribution < 1.29 is 4.21 Å². The lowest BCUT2D eigenvalue weighted by Gasteiger charge is -2.13. The summed E-state index contributed by atoms with van der Waals surface area (Å²) in [4.78, 5) is 2.47. The van der Waals surface area contributed by atoms with Gasteiger partial charge in [0, 0.05) is 28.3 Å². The fourth-order valence-electron chi connectivity index (χ4n) is 1.87. The molecule has 1 heterocycles. The second-order valence-electron chi connectivity index (χ2n) is 4.52. The minimum atomic E-state index is -0.647. The molecule has 2 atom stereocenters. The first-order chi connectivity index (χ1) is 7.18. The van der Waals surface area contributed by atoms with Crippen LogP contribution in [0.2, 0.25) is 0 Å². The van der Waals surface area contributed by atoms with Gasteiger partial charge in [-0.05, 0) is 52.2 Å². The lowest BCUT2D eigenvalue weighted by Crippen LogP contribution is -2.23. The van der Waals surface area contributed by atoms with Crippen LogP contribution in [0.1, 0.15) is 32.6 Å². The van der Waals surface area contributed by atoms with Gasteiger partial charge in [-0.25, -0.2) is 0 Å². The van der Waals surface area contributed by atoms with Gasteiger partial charge < -0.3 is 10.6 Å². The number of rotatable bonds is 7. The number of hydrogen-bond acceptors (Lipinski definition) is 3. The highest BCUT2D eigenvalue weighted by Gasteiger charge is 2.11. The van der Waals surface area contributed by atoms with Gasteiger partial charge in [-0.2, -0.15) is 0 Å². The van der Waals surface area contributed by atoms with Crippen LogP contribution in [-0.4, -0.2) is 46.3 Å². The van der Waals surface area contributed by atoms with Crippen molar-refractivity contribution in [2.45, 2.75) is 38.6 Å². The van der Waals surface area contributed by atoms with E-state index in [1.165, 1.54) is 25.9 Å². The van der Waals surface area contributed by atoms with E-state index in [2.05, 4.69) is 4.90 Å². The Morgan fingerprint density at radius 1 is 1.33 bits per heavy atom. The van der Waals surface area contributed by atoms with Crippen molar-refractivity contribution in [1.82, 2.24) is 4.90 Å². The lowest BCUT2D eigenvalue weighted by atomic mass is 10.3. The lowest BCUT2D eigenvalue weighted by molar-refractivity contribution is 0.340. The summed E-state index contributed by atoms with van der Waals surface area (Å²) in [7, 11) is -0.647. The normalized spacial score (nSPS) is 21.7. The SMILES string of the molecule is CC(N)CCS(=O)CCCN1CCCC1. The molecule has 3 nitrogen and oxygen atoms in total. The molecule has 15 heavy (non-hydrogen) atoms. The summed E-state index contributed by atoms with van der Waals surface area (Å²) in [6.07, 6.45) is 4.64. The summed E-state index contributed by atoms with van der Waals surface area (Å²) in [6, 6.07) is 0.188. The van der Waals surface area contributed by atoms with Gasteiger partial charge in [-0.1, -0.05) is 0 Å². The molecule has 4 heteroatoms. The molecule has 1 saturated heterocycles. The molecule has 0 bridgehead atoms. The van der Waals surface area contributed by atoms with Crippen LogP contribution in [0.15, 0.2) is 0 Å². The molecule has 2 N–H and O–H groups in total. The van der Waals surface area contributed by atoms with Crippen LogP contribution in [0.3, 0.4) is 0 Å². The fourth-order valence-corrected chi connectivity index (χ4v) is 3.16. The molecule has 2 unspecified atom stereocenters. The highest BCUT2D eigenvalue weighted by molar-refractivity contribution is 7.84. The van der Waals surface area contributed by atoms with Gasteiger partial charge in [-0.15, -0.1) is 0 Å². The van der Waals surface area contributed by atoms with E-state index in [-0.39, 0.29) is 6.04 Å². The van der Waals surface area contributed by atoms with E-state index in [1.807, 2.05) is 6.92 Å². The maximum absolute atomic E-state index is 11.6. The zero-order valence-corrected chi connectivity index (χ0v) is 10.6. The quantitative estimate of drug-likeness (QED) is 0.711. The fraction of sp³-hybridized carbons (Fsp3) is 1.00. The van der Waals surface area contributed by atoms with Crippen LogP contribution in [-0.2, 0) is 10.8 Å². The number of hydrogen-bond donors (Lipinski definition) is 1. The second kappa shape index (κ2) is 7.36. The molecule has 0 aromatic carbocycles. The third-order valence-corrected chi connectivity index (χ3v) is 4.28. The summed E-state index contributed by atoms with van der Waals surface area (Å²) in [5.74, 6) is 1.63. The molecule has 0 aromatic heterocycles. The molecular weight excluding hydrogens is 208 g/mol. The molecule has 0 aromatic rings. The predicted octanol–water partition coefficient (Wildman–Crippen LogP) is 0.958. The summed E-state index contributed by atoms with van der Waals surface area (Å²) < 4.78 is 11.6. The second-order valence-corrected chi connectivity index (χ2v) is 6.21. The van der Waals surface area contributed by atoms with E-state index in [4.69, 9.17) is 5.73 Å². The van der Waals surface area contributed by atoms with E-state index in [0.29, 0.717) is 0 Å².